The van der Waals surface area contributed by atoms with Gasteiger partial charge in [0.1, 0.15) is 23.1 Å². The summed E-state index contributed by atoms with van der Waals surface area (Å²) in [5.41, 5.74) is 0.558. The van der Waals surface area contributed by atoms with Gasteiger partial charge in [-0.15, -0.1) is 0 Å². The van der Waals surface area contributed by atoms with E-state index in [9.17, 15) is 17.6 Å². The van der Waals surface area contributed by atoms with Crippen LogP contribution in [0.2, 0.25) is 0 Å². The number of allylic oxidation sites excluding steroid dienone is 2. The van der Waals surface area contributed by atoms with Gasteiger partial charge in [0.25, 0.3) is 0 Å². The minimum Gasteiger partial charge on any atom is -0.485 e. The summed E-state index contributed by atoms with van der Waals surface area (Å²) >= 11 is 0. The molecule has 1 aromatic rings. The molecular formula is C16H16F4O2. The summed E-state index contributed by atoms with van der Waals surface area (Å²) in [6.45, 7) is 7.41. The van der Waals surface area contributed by atoms with Crippen LogP contribution in [0.15, 0.2) is 55.0 Å². The predicted octanol–water partition coefficient (Wildman–Crippen LogP) is 5.20. The van der Waals surface area contributed by atoms with Crippen LogP contribution in [0.4, 0.5) is 17.6 Å². The zero-order valence-corrected chi connectivity index (χ0v) is 12.0. The number of alkyl halides is 3. The molecule has 0 bridgehead atoms. The summed E-state index contributed by atoms with van der Waals surface area (Å²) < 4.78 is 58.9. The van der Waals surface area contributed by atoms with Crippen LogP contribution in [0.5, 0.6) is 0 Å². The molecule has 0 amide bonds. The van der Waals surface area contributed by atoms with E-state index in [0.717, 1.165) is 0 Å². The van der Waals surface area contributed by atoms with E-state index in [1.54, 1.807) is 6.92 Å². The molecule has 0 N–H and O–H groups in total. The first kappa shape index (κ1) is 17.8. The highest BCUT2D eigenvalue weighted by molar-refractivity contribution is 5.58. The lowest BCUT2D eigenvalue weighted by Crippen LogP contribution is -2.16. The van der Waals surface area contributed by atoms with E-state index in [1.165, 1.54) is 30.3 Å². The smallest absolute Gasteiger partial charge is 0.422 e. The zero-order chi connectivity index (χ0) is 16.8. The molecule has 0 unspecified atom stereocenters. The maximum Gasteiger partial charge on any atom is 0.422 e. The second kappa shape index (κ2) is 7.68. The van der Waals surface area contributed by atoms with E-state index in [4.69, 9.17) is 4.74 Å². The number of halogens is 4. The fourth-order valence-electron chi connectivity index (χ4n) is 1.45. The van der Waals surface area contributed by atoms with Gasteiger partial charge >= 0.3 is 6.18 Å². The Balaban J connectivity index is 2.67. The molecular weight excluding hydrogens is 300 g/mol. The van der Waals surface area contributed by atoms with Crippen molar-refractivity contribution in [1.82, 2.24) is 0 Å². The Kier molecular flexibility index (Phi) is 6.22. The monoisotopic (exact) mass is 316 g/mol. The third-order valence-corrected chi connectivity index (χ3v) is 2.51. The van der Waals surface area contributed by atoms with Crippen molar-refractivity contribution in [2.75, 3.05) is 6.61 Å². The summed E-state index contributed by atoms with van der Waals surface area (Å²) in [4.78, 5) is 0. The van der Waals surface area contributed by atoms with Crippen molar-refractivity contribution in [3.8, 4) is 0 Å². The number of benzene rings is 1. The van der Waals surface area contributed by atoms with Gasteiger partial charge in [-0.3, -0.25) is 0 Å². The maximum atomic E-state index is 12.8. The Morgan fingerprint density at radius 2 is 1.77 bits per heavy atom. The van der Waals surface area contributed by atoms with Crippen LogP contribution in [-0.4, -0.2) is 12.8 Å². The molecule has 0 fully saturated rings. The number of ether oxygens (including phenoxy) is 2. The highest BCUT2D eigenvalue weighted by Crippen LogP contribution is 2.21. The fraction of sp³-hybridized carbons (Fsp3) is 0.250. The molecule has 120 valence electrons. The molecule has 0 radical (unpaired) electrons. The van der Waals surface area contributed by atoms with E-state index >= 15 is 0 Å². The van der Waals surface area contributed by atoms with E-state index in [-0.39, 0.29) is 11.5 Å². The van der Waals surface area contributed by atoms with Crippen molar-refractivity contribution in [1.29, 1.82) is 0 Å². The highest BCUT2D eigenvalue weighted by atomic mass is 19.4. The first-order chi connectivity index (χ1) is 10.2. The Bertz CT molecular complexity index is 557. The van der Waals surface area contributed by atoms with E-state index < -0.39 is 18.6 Å². The molecule has 0 saturated heterocycles. The van der Waals surface area contributed by atoms with Crippen LogP contribution in [0.3, 0.4) is 0 Å². The largest absolute Gasteiger partial charge is 0.485 e. The van der Waals surface area contributed by atoms with E-state index in [1.807, 2.05) is 0 Å². The normalized spacial score (nSPS) is 12.0. The predicted molar refractivity (Wildman–Crippen MR) is 76.0 cm³/mol. The molecule has 0 aliphatic carbocycles. The van der Waals surface area contributed by atoms with Crippen molar-refractivity contribution in [3.63, 3.8) is 0 Å². The van der Waals surface area contributed by atoms with Gasteiger partial charge in [0.05, 0.1) is 0 Å². The average Bonchev–Trinajstić information content (AvgIpc) is 2.44. The topological polar surface area (TPSA) is 18.5 Å². The van der Waals surface area contributed by atoms with Crippen LogP contribution >= 0.6 is 0 Å². The van der Waals surface area contributed by atoms with Crippen molar-refractivity contribution >= 4 is 5.76 Å². The molecule has 2 nitrogen and oxygen atoms in total. The lowest BCUT2D eigenvalue weighted by molar-refractivity contribution is -0.163. The molecule has 0 aliphatic heterocycles. The van der Waals surface area contributed by atoms with Crippen molar-refractivity contribution < 1.29 is 27.0 Å². The van der Waals surface area contributed by atoms with Gasteiger partial charge in [-0.05, 0) is 24.3 Å². The quantitative estimate of drug-likeness (QED) is 0.391. The minimum atomic E-state index is -4.43. The Morgan fingerprint density at radius 1 is 1.18 bits per heavy atom. The molecule has 1 aromatic carbocycles. The van der Waals surface area contributed by atoms with Gasteiger partial charge in [-0.25, -0.2) is 4.39 Å². The van der Waals surface area contributed by atoms with Gasteiger partial charge in [-0.2, -0.15) is 13.2 Å². The van der Waals surface area contributed by atoms with Crippen molar-refractivity contribution in [3.05, 3.63) is 66.4 Å². The second-order valence-corrected chi connectivity index (χ2v) is 4.37. The van der Waals surface area contributed by atoms with Gasteiger partial charge < -0.3 is 9.47 Å². The average molecular weight is 316 g/mol. The summed E-state index contributed by atoms with van der Waals surface area (Å²) in [5, 5.41) is 0. The van der Waals surface area contributed by atoms with Crippen molar-refractivity contribution in [2.45, 2.75) is 19.5 Å². The van der Waals surface area contributed by atoms with Crippen LogP contribution in [0.25, 0.3) is 5.76 Å². The molecule has 1 rings (SSSR count). The van der Waals surface area contributed by atoms with Gasteiger partial charge in [0, 0.05) is 18.1 Å². The molecule has 0 aliphatic rings. The first-order valence-corrected chi connectivity index (χ1v) is 6.43. The number of hydrogen-bond donors (Lipinski definition) is 0. The first-order valence-electron chi connectivity index (χ1n) is 6.43. The van der Waals surface area contributed by atoms with Gasteiger partial charge in [-0.1, -0.05) is 20.1 Å². The molecule has 0 heterocycles. The molecule has 22 heavy (non-hydrogen) atoms. The van der Waals surface area contributed by atoms with Crippen LogP contribution in [-0.2, 0) is 9.47 Å². The van der Waals surface area contributed by atoms with Crippen LogP contribution in [0.1, 0.15) is 18.9 Å². The molecule has 0 atom stereocenters. The van der Waals surface area contributed by atoms with Crippen LogP contribution in [0, 0.1) is 5.82 Å². The molecule has 0 aromatic heterocycles. The second-order valence-electron chi connectivity index (χ2n) is 4.37. The van der Waals surface area contributed by atoms with Gasteiger partial charge in [0.2, 0.25) is 0 Å². The Hall–Kier alpha value is -2.24. The zero-order valence-electron chi connectivity index (χ0n) is 12.0. The molecule has 6 heteroatoms. The SMILES string of the molecule is C=C(/C=C(\CC)OC(=C)c1ccc(F)cc1)OCC(F)(F)F. The summed E-state index contributed by atoms with van der Waals surface area (Å²) in [7, 11) is 0. The maximum absolute atomic E-state index is 12.8. The van der Waals surface area contributed by atoms with Crippen LogP contribution < -0.4 is 0 Å². The third kappa shape index (κ3) is 6.47. The van der Waals surface area contributed by atoms with E-state index in [2.05, 4.69) is 17.9 Å². The Morgan fingerprint density at radius 3 is 2.27 bits per heavy atom. The lowest BCUT2D eigenvalue weighted by atomic mass is 10.2. The lowest BCUT2D eigenvalue weighted by Gasteiger charge is -2.13. The standard InChI is InChI=1S/C16H16F4O2/c1-4-15(9-11(2)21-10-16(18,19)20)22-12(3)13-5-7-14(17)8-6-13/h5-9H,2-4,10H2,1H3/b15-9+. The van der Waals surface area contributed by atoms with E-state index in [0.29, 0.717) is 17.7 Å². The number of hydrogen-bond acceptors (Lipinski definition) is 2. The minimum absolute atomic E-state index is 0.166. The fourth-order valence-corrected chi connectivity index (χ4v) is 1.45. The summed E-state index contributed by atoms with van der Waals surface area (Å²) in [6.07, 6.45) is -2.77. The highest BCUT2D eigenvalue weighted by Gasteiger charge is 2.28. The molecule has 0 saturated carbocycles. The summed E-state index contributed by atoms with van der Waals surface area (Å²) in [6, 6.07) is 5.48. The van der Waals surface area contributed by atoms with Gasteiger partial charge in [0.15, 0.2) is 6.61 Å². The number of rotatable bonds is 7. The summed E-state index contributed by atoms with van der Waals surface area (Å²) in [5.74, 6) is 0.0241. The molecule has 0 spiro atoms. The third-order valence-electron chi connectivity index (χ3n) is 2.51. The Labute approximate surface area is 126 Å². The van der Waals surface area contributed by atoms with Crippen molar-refractivity contribution in [2.24, 2.45) is 0 Å².